The van der Waals surface area contributed by atoms with Crippen LogP contribution in [0.3, 0.4) is 0 Å². The number of nitrogens with zero attached hydrogens (tertiary/aromatic N) is 2. The van der Waals surface area contributed by atoms with Gasteiger partial charge in [0.05, 0.1) is 16.6 Å². The van der Waals surface area contributed by atoms with Crippen LogP contribution in [0.15, 0.2) is 133 Å². The molecule has 46 heavy (non-hydrogen) atoms. The molecule has 3 heteroatoms. The van der Waals surface area contributed by atoms with Gasteiger partial charge in [-0.2, -0.15) is 0 Å². The van der Waals surface area contributed by atoms with Crippen molar-refractivity contribution in [3.05, 3.63) is 150 Å². The van der Waals surface area contributed by atoms with Crippen molar-refractivity contribution >= 4 is 89.0 Å². The third-order valence-electron chi connectivity index (χ3n) is 10.4. The molecular weight excluding hydrogens is 555 g/mol. The number of aromatic nitrogens is 1. The third-order valence-corrected chi connectivity index (χ3v) is 10.4. The van der Waals surface area contributed by atoms with Gasteiger partial charge in [-0.1, -0.05) is 125 Å². The van der Waals surface area contributed by atoms with E-state index in [2.05, 4.69) is 164 Å². The van der Waals surface area contributed by atoms with Crippen LogP contribution in [0, 0.1) is 20.8 Å². The van der Waals surface area contributed by atoms with Crippen LogP contribution in [0.5, 0.6) is 0 Å². The topological polar surface area (TPSA) is 7.65 Å². The Hall–Kier alpha value is -5.54. The van der Waals surface area contributed by atoms with Gasteiger partial charge in [0.15, 0.2) is 0 Å². The molecule has 0 saturated carbocycles. The van der Waals surface area contributed by atoms with Crippen LogP contribution in [0.25, 0.3) is 48.9 Å². The highest BCUT2D eigenvalue weighted by atomic mass is 15.2. The Labute approximate surface area is 268 Å². The highest BCUT2D eigenvalue weighted by molar-refractivity contribution is 6.98. The first-order valence-electron chi connectivity index (χ1n) is 16.2. The maximum absolute atomic E-state index is 2.53. The van der Waals surface area contributed by atoms with E-state index in [0.29, 0.717) is 0 Å². The first-order chi connectivity index (χ1) is 22.6. The number of aryl methyl sites for hydroxylation is 3. The Kier molecular flexibility index (Phi) is 5.18. The molecule has 0 bridgehead atoms. The molecule has 0 amide bonds. The lowest BCUT2D eigenvalue weighted by molar-refractivity contribution is 1.29. The molecule has 0 spiro atoms. The fourth-order valence-corrected chi connectivity index (χ4v) is 8.69. The first kappa shape index (κ1) is 25.8. The van der Waals surface area contributed by atoms with Gasteiger partial charge in [0.1, 0.15) is 0 Å². The second-order valence-electron chi connectivity index (χ2n) is 13.2. The van der Waals surface area contributed by atoms with E-state index in [4.69, 9.17) is 0 Å². The Balaban J connectivity index is 1.41. The summed E-state index contributed by atoms with van der Waals surface area (Å²) in [5.41, 5.74) is 15.6. The number of hydrogen-bond acceptors (Lipinski definition) is 1. The van der Waals surface area contributed by atoms with Crippen LogP contribution in [0.2, 0.25) is 0 Å². The van der Waals surface area contributed by atoms with Crippen molar-refractivity contribution in [3.63, 3.8) is 0 Å². The average Bonchev–Trinajstić information content (AvgIpc) is 3.58. The van der Waals surface area contributed by atoms with Gasteiger partial charge >= 0.3 is 0 Å². The van der Waals surface area contributed by atoms with Crippen molar-refractivity contribution in [2.45, 2.75) is 20.8 Å². The number of benzene rings is 7. The van der Waals surface area contributed by atoms with Gasteiger partial charge in [-0.25, -0.2) is 0 Å². The monoisotopic (exact) mass is 586 g/mol. The van der Waals surface area contributed by atoms with E-state index in [9.17, 15) is 0 Å². The molecule has 1 aliphatic rings. The first-order valence-corrected chi connectivity index (χ1v) is 16.2. The minimum atomic E-state index is 0.0939. The predicted molar refractivity (Wildman–Crippen MR) is 199 cm³/mol. The Bertz CT molecular complexity index is 2660. The summed E-state index contributed by atoms with van der Waals surface area (Å²) >= 11 is 0. The molecule has 2 aromatic heterocycles. The number of hydrogen-bond donors (Lipinski definition) is 0. The molecule has 0 aliphatic carbocycles. The lowest BCUT2D eigenvalue weighted by Crippen LogP contribution is -2.58. The van der Waals surface area contributed by atoms with Crippen molar-refractivity contribution < 1.29 is 0 Å². The van der Waals surface area contributed by atoms with Crippen molar-refractivity contribution in [3.8, 4) is 0 Å². The van der Waals surface area contributed by atoms with Gasteiger partial charge in [-0.15, -0.1) is 0 Å². The van der Waals surface area contributed by atoms with Gasteiger partial charge < -0.3 is 9.30 Å². The van der Waals surface area contributed by atoms with E-state index in [1.165, 1.54) is 99.0 Å². The van der Waals surface area contributed by atoms with Crippen molar-refractivity contribution in [2.75, 3.05) is 4.90 Å². The molecule has 216 valence electrons. The molecule has 10 rings (SSSR count). The highest BCUT2D eigenvalue weighted by Gasteiger charge is 2.38. The summed E-state index contributed by atoms with van der Waals surface area (Å²) in [7, 11) is 0. The number of anilines is 3. The van der Waals surface area contributed by atoms with Crippen LogP contribution >= 0.6 is 0 Å². The predicted octanol–water partition coefficient (Wildman–Crippen LogP) is 9.21. The highest BCUT2D eigenvalue weighted by Crippen LogP contribution is 2.43. The zero-order valence-electron chi connectivity index (χ0n) is 26.2. The molecule has 3 heterocycles. The fourth-order valence-electron chi connectivity index (χ4n) is 8.69. The summed E-state index contributed by atoms with van der Waals surface area (Å²) in [6, 6.07) is 50.0. The second kappa shape index (κ2) is 9.25. The van der Waals surface area contributed by atoms with Crippen molar-refractivity contribution in [1.82, 2.24) is 4.40 Å². The largest absolute Gasteiger partial charge is 0.311 e. The van der Waals surface area contributed by atoms with E-state index in [1.807, 2.05) is 0 Å². The molecule has 0 unspecified atom stereocenters. The normalized spacial score (nSPS) is 13.0. The average molecular weight is 587 g/mol. The van der Waals surface area contributed by atoms with E-state index in [0.717, 1.165) is 0 Å². The molecule has 2 nitrogen and oxygen atoms in total. The molecule has 0 radical (unpaired) electrons. The van der Waals surface area contributed by atoms with Gasteiger partial charge in [0.2, 0.25) is 6.71 Å². The molecule has 1 aliphatic heterocycles. The smallest absolute Gasteiger partial charge is 0.247 e. The minimum Gasteiger partial charge on any atom is -0.311 e. The molecule has 0 N–H and O–H groups in total. The molecule has 7 aromatic carbocycles. The summed E-state index contributed by atoms with van der Waals surface area (Å²) in [5.74, 6) is 0. The standard InChI is InChI=1S/C43H31BN2/c1-26-20-27(2)42(28(3)21-26)44-36-22-29-12-7-8-13-30(29)23-40(36)45(31-14-5-4-6-15-31)41-25-39-35(24-37(41)44)34-18-11-17-33-32-16-9-10-19-38(32)46(39)43(33)34/h4-25H,1-3H3. The number of fused-ring (bicyclic) bond motifs is 9. The van der Waals surface area contributed by atoms with E-state index < -0.39 is 0 Å². The Morgan fingerprint density at radius 1 is 0.478 bits per heavy atom. The molecule has 0 saturated heterocycles. The maximum Gasteiger partial charge on any atom is 0.247 e. The minimum absolute atomic E-state index is 0.0939. The maximum atomic E-state index is 2.53. The van der Waals surface area contributed by atoms with E-state index in [1.54, 1.807) is 0 Å². The third kappa shape index (κ3) is 3.38. The van der Waals surface area contributed by atoms with Crippen molar-refractivity contribution in [1.29, 1.82) is 0 Å². The van der Waals surface area contributed by atoms with Crippen LogP contribution in [0.1, 0.15) is 16.7 Å². The Morgan fingerprint density at radius 2 is 1.09 bits per heavy atom. The number of para-hydroxylation sites is 3. The summed E-state index contributed by atoms with van der Waals surface area (Å²) in [4.78, 5) is 2.51. The van der Waals surface area contributed by atoms with Crippen molar-refractivity contribution in [2.24, 2.45) is 0 Å². The molecule has 0 atom stereocenters. The second-order valence-corrected chi connectivity index (χ2v) is 13.2. The van der Waals surface area contributed by atoms with E-state index in [-0.39, 0.29) is 6.71 Å². The summed E-state index contributed by atoms with van der Waals surface area (Å²) in [5, 5.41) is 7.79. The van der Waals surface area contributed by atoms with Gasteiger partial charge in [0, 0.05) is 38.6 Å². The fraction of sp³-hybridized carbons (Fsp3) is 0.0698. The van der Waals surface area contributed by atoms with Crippen LogP contribution in [-0.2, 0) is 0 Å². The SMILES string of the molecule is Cc1cc(C)c(B2c3cc4ccccc4cc3N(c3ccccc3)c3cc4c(cc32)c2cccc3c5ccccc5n4c32)c(C)c1. The molecule has 9 aromatic rings. The zero-order valence-corrected chi connectivity index (χ0v) is 26.2. The summed E-state index contributed by atoms with van der Waals surface area (Å²) in [6.07, 6.45) is 0. The molecule has 0 fully saturated rings. The molecular formula is C43H31BN2. The van der Waals surface area contributed by atoms with Crippen LogP contribution in [0.4, 0.5) is 17.1 Å². The zero-order chi connectivity index (χ0) is 30.7. The lowest BCUT2D eigenvalue weighted by Gasteiger charge is -2.38. The van der Waals surface area contributed by atoms with Crippen LogP contribution < -0.4 is 21.3 Å². The summed E-state index contributed by atoms with van der Waals surface area (Å²) in [6.45, 7) is 6.90. The van der Waals surface area contributed by atoms with Gasteiger partial charge in [-0.05, 0) is 72.8 Å². The summed E-state index contributed by atoms with van der Waals surface area (Å²) < 4.78 is 2.51. The van der Waals surface area contributed by atoms with E-state index >= 15 is 0 Å². The lowest BCUT2D eigenvalue weighted by atomic mass is 9.33. The quantitative estimate of drug-likeness (QED) is 0.183. The van der Waals surface area contributed by atoms with Gasteiger partial charge in [-0.3, -0.25) is 0 Å². The number of rotatable bonds is 2. The van der Waals surface area contributed by atoms with Gasteiger partial charge in [0.25, 0.3) is 0 Å². The van der Waals surface area contributed by atoms with Crippen LogP contribution in [-0.4, -0.2) is 11.1 Å². The Morgan fingerprint density at radius 3 is 1.87 bits per heavy atom.